The lowest BCUT2D eigenvalue weighted by molar-refractivity contribution is 0.430. The molecule has 0 amide bonds. The first-order valence-corrected chi connectivity index (χ1v) is 6.60. The average molecular weight is 241 g/mol. The number of nitrogens with two attached hydrogens (primary N) is 1. The Balaban J connectivity index is 2.04. The Morgan fingerprint density at radius 1 is 1.33 bits per heavy atom. The van der Waals surface area contributed by atoms with Crippen molar-refractivity contribution < 1.29 is 0 Å². The summed E-state index contributed by atoms with van der Waals surface area (Å²) in [6.07, 6.45) is 5.95. The molecule has 3 heteroatoms. The molecule has 18 heavy (non-hydrogen) atoms. The number of fused-ring (bicyclic) bond motifs is 1. The van der Waals surface area contributed by atoms with Crippen molar-refractivity contribution in [3.05, 3.63) is 36.7 Å². The molecule has 0 saturated carbocycles. The number of benzene rings is 1. The quantitative estimate of drug-likeness (QED) is 0.834. The molecule has 2 N–H and O–H groups in total. The summed E-state index contributed by atoms with van der Waals surface area (Å²) in [4.78, 5) is 6.72. The van der Waals surface area contributed by atoms with Crippen LogP contribution in [-0.4, -0.2) is 23.6 Å². The number of hydrogen-bond donors (Lipinski definition) is 1. The minimum atomic E-state index is 0.351. The van der Waals surface area contributed by atoms with Crippen LogP contribution < -0.4 is 10.6 Å². The smallest absolute Gasteiger partial charge is 0.0463 e. The van der Waals surface area contributed by atoms with Crippen molar-refractivity contribution in [2.45, 2.75) is 31.8 Å². The third-order valence-corrected chi connectivity index (χ3v) is 3.89. The van der Waals surface area contributed by atoms with Crippen molar-refractivity contribution in [1.82, 2.24) is 4.98 Å². The van der Waals surface area contributed by atoms with Crippen LogP contribution in [0.15, 0.2) is 36.7 Å². The van der Waals surface area contributed by atoms with Crippen LogP contribution in [0.1, 0.15) is 19.8 Å². The van der Waals surface area contributed by atoms with E-state index in [1.54, 1.807) is 0 Å². The Bertz CT molecular complexity index is 547. The Labute approximate surface area is 108 Å². The van der Waals surface area contributed by atoms with Crippen molar-refractivity contribution in [3.8, 4) is 0 Å². The Morgan fingerprint density at radius 3 is 3.06 bits per heavy atom. The van der Waals surface area contributed by atoms with Crippen molar-refractivity contribution in [1.29, 1.82) is 0 Å². The van der Waals surface area contributed by atoms with Gasteiger partial charge in [-0.25, -0.2) is 0 Å². The van der Waals surface area contributed by atoms with Crippen LogP contribution >= 0.6 is 0 Å². The molecule has 94 valence electrons. The molecule has 2 heterocycles. The van der Waals surface area contributed by atoms with Crippen LogP contribution in [0.2, 0.25) is 0 Å². The zero-order valence-corrected chi connectivity index (χ0v) is 10.7. The summed E-state index contributed by atoms with van der Waals surface area (Å²) in [6, 6.07) is 9.37. The van der Waals surface area contributed by atoms with Crippen molar-refractivity contribution >= 4 is 16.5 Å². The van der Waals surface area contributed by atoms with E-state index in [1.807, 2.05) is 12.4 Å². The van der Waals surface area contributed by atoms with E-state index < -0.39 is 0 Å². The molecule has 3 nitrogen and oxygen atoms in total. The molecular weight excluding hydrogens is 222 g/mol. The van der Waals surface area contributed by atoms with Gasteiger partial charge in [-0.15, -0.1) is 0 Å². The van der Waals surface area contributed by atoms with Gasteiger partial charge in [0, 0.05) is 42.1 Å². The average Bonchev–Trinajstić information content (AvgIpc) is 2.38. The Hall–Kier alpha value is -1.61. The van der Waals surface area contributed by atoms with E-state index in [4.69, 9.17) is 5.73 Å². The van der Waals surface area contributed by atoms with E-state index in [-0.39, 0.29) is 0 Å². The fraction of sp³-hybridized carbons (Fsp3) is 0.400. The van der Waals surface area contributed by atoms with Gasteiger partial charge in [-0.2, -0.15) is 0 Å². The van der Waals surface area contributed by atoms with Crippen LogP contribution in [0.3, 0.4) is 0 Å². The van der Waals surface area contributed by atoms with Crippen LogP contribution in [0.4, 0.5) is 5.69 Å². The molecule has 1 aromatic carbocycles. The summed E-state index contributed by atoms with van der Waals surface area (Å²) >= 11 is 0. The highest BCUT2D eigenvalue weighted by atomic mass is 15.2. The summed E-state index contributed by atoms with van der Waals surface area (Å²) in [7, 11) is 0. The minimum Gasteiger partial charge on any atom is -0.368 e. The molecule has 2 unspecified atom stereocenters. The first-order valence-electron chi connectivity index (χ1n) is 6.60. The normalized spacial score (nSPS) is 24.4. The zero-order valence-electron chi connectivity index (χ0n) is 10.7. The largest absolute Gasteiger partial charge is 0.368 e. The summed E-state index contributed by atoms with van der Waals surface area (Å²) in [5.41, 5.74) is 7.33. The van der Waals surface area contributed by atoms with Crippen molar-refractivity contribution in [2.24, 2.45) is 5.73 Å². The van der Waals surface area contributed by atoms with Crippen LogP contribution in [-0.2, 0) is 0 Å². The maximum absolute atomic E-state index is 6.04. The molecule has 2 atom stereocenters. The number of nitrogens with zero attached hydrogens (tertiary/aromatic N) is 2. The van der Waals surface area contributed by atoms with Gasteiger partial charge in [0.1, 0.15) is 0 Å². The topological polar surface area (TPSA) is 42.1 Å². The standard InChI is InChI=1S/C15H19N3/c1-11-9-13(16)6-8-18(11)15-4-2-3-12-5-7-17-10-14(12)15/h2-5,7,10-11,13H,6,8-9,16H2,1H3. The predicted molar refractivity (Wildman–Crippen MR) is 75.8 cm³/mol. The van der Waals surface area contributed by atoms with E-state index in [2.05, 4.69) is 41.1 Å². The van der Waals surface area contributed by atoms with E-state index >= 15 is 0 Å². The summed E-state index contributed by atoms with van der Waals surface area (Å²) < 4.78 is 0. The number of anilines is 1. The maximum atomic E-state index is 6.04. The van der Waals surface area contributed by atoms with Crippen molar-refractivity contribution in [2.75, 3.05) is 11.4 Å². The number of pyridine rings is 1. The van der Waals surface area contributed by atoms with Gasteiger partial charge in [-0.3, -0.25) is 4.98 Å². The second-order valence-corrected chi connectivity index (χ2v) is 5.20. The molecule has 1 saturated heterocycles. The molecule has 2 aromatic rings. The van der Waals surface area contributed by atoms with Crippen molar-refractivity contribution in [3.63, 3.8) is 0 Å². The van der Waals surface area contributed by atoms with E-state index in [9.17, 15) is 0 Å². The second kappa shape index (κ2) is 4.58. The highest BCUT2D eigenvalue weighted by Gasteiger charge is 2.24. The second-order valence-electron chi connectivity index (χ2n) is 5.20. The van der Waals surface area contributed by atoms with Gasteiger partial charge in [0.15, 0.2) is 0 Å². The van der Waals surface area contributed by atoms with E-state index in [0.717, 1.165) is 19.4 Å². The molecule has 0 spiro atoms. The number of aromatic nitrogens is 1. The third-order valence-electron chi connectivity index (χ3n) is 3.89. The molecule has 1 aliphatic rings. The van der Waals surface area contributed by atoms with Gasteiger partial charge >= 0.3 is 0 Å². The van der Waals surface area contributed by atoms with Gasteiger partial charge in [0.05, 0.1) is 0 Å². The molecule has 0 bridgehead atoms. The molecule has 1 fully saturated rings. The monoisotopic (exact) mass is 241 g/mol. The molecule has 0 radical (unpaired) electrons. The molecule has 1 aliphatic heterocycles. The lowest BCUT2D eigenvalue weighted by Crippen LogP contribution is -2.45. The first-order chi connectivity index (χ1) is 8.75. The molecular formula is C15H19N3. The Morgan fingerprint density at radius 2 is 2.22 bits per heavy atom. The number of piperidine rings is 1. The van der Waals surface area contributed by atoms with Gasteiger partial charge < -0.3 is 10.6 Å². The van der Waals surface area contributed by atoms with Gasteiger partial charge in [0.25, 0.3) is 0 Å². The summed E-state index contributed by atoms with van der Waals surface area (Å²) in [6.45, 7) is 3.30. The van der Waals surface area contributed by atoms with Crippen LogP contribution in [0.5, 0.6) is 0 Å². The first kappa shape index (κ1) is 11.5. The predicted octanol–water partition coefficient (Wildman–Crippen LogP) is 2.55. The molecule has 0 aliphatic carbocycles. The number of hydrogen-bond acceptors (Lipinski definition) is 3. The zero-order chi connectivity index (χ0) is 12.5. The number of rotatable bonds is 1. The lowest BCUT2D eigenvalue weighted by atomic mass is 9.97. The highest BCUT2D eigenvalue weighted by molar-refractivity contribution is 5.93. The SMILES string of the molecule is CC1CC(N)CCN1c1cccc2ccncc12. The summed E-state index contributed by atoms with van der Waals surface area (Å²) in [5, 5.41) is 2.49. The van der Waals surface area contributed by atoms with Gasteiger partial charge in [-0.05, 0) is 37.3 Å². The van der Waals surface area contributed by atoms with E-state index in [0.29, 0.717) is 12.1 Å². The highest BCUT2D eigenvalue weighted by Crippen LogP contribution is 2.30. The van der Waals surface area contributed by atoms with Gasteiger partial charge in [0.2, 0.25) is 0 Å². The van der Waals surface area contributed by atoms with Crippen LogP contribution in [0, 0.1) is 0 Å². The third kappa shape index (κ3) is 1.95. The lowest BCUT2D eigenvalue weighted by Gasteiger charge is -2.38. The maximum Gasteiger partial charge on any atom is 0.0463 e. The fourth-order valence-corrected chi connectivity index (χ4v) is 2.91. The molecule has 3 rings (SSSR count). The fourth-order valence-electron chi connectivity index (χ4n) is 2.91. The Kier molecular flexibility index (Phi) is 2.92. The van der Waals surface area contributed by atoms with Crippen LogP contribution in [0.25, 0.3) is 10.8 Å². The minimum absolute atomic E-state index is 0.351. The summed E-state index contributed by atoms with van der Waals surface area (Å²) in [5.74, 6) is 0. The van der Waals surface area contributed by atoms with Gasteiger partial charge in [-0.1, -0.05) is 12.1 Å². The van der Waals surface area contributed by atoms with E-state index in [1.165, 1.54) is 16.5 Å². The molecule has 1 aromatic heterocycles.